The number of aromatic nitrogens is 2. The summed E-state index contributed by atoms with van der Waals surface area (Å²) in [7, 11) is 0. The number of aromatic amines is 1. The smallest absolute Gasteiger partial charge is 0.166 e. The normalized spacial score (nSPS) is 11.3. The maximum Gasteiger partial charge on any atom is 0.166 e. The number of thioether (sulfide) groups is 1. The number of benzene rings is 2. The van der Waals surface area contributed by atoms with Crippen molar-refractivity contribution < 1.29 is 4.74 Å². The molecule has 4 heteroatoms. The number of hydrogen-bond donors (Lipinski definition) is 1. The van der Waals surface area contributed by atoms with Gasteiger partial charge in [0.05, 0.1) is 17.6 Å². The molecule has 0 saturated carbocycles. The molecule has 0 spiro atoms. The molecule has 0 bridgehead atoms. The van der Waals surface area contributed by atoms with E-state index in [1.54, 1.807) is 11.8 Å². The van der Waals surface area contributed by atoms with E-state index < -0.39 is 0 Å². The van der Waals surface area contributed by atoms with Crippen LogP contribution in [-0.4, -0.2) is 16.6 Å². The number of hydrogen-bond acceptors (Lipinski definition) is 3. The lowest BCUT2D eigenvalue weighted by atomic mass is 10.0. The molecule has 23 heavy (non-hydrogen) atoms. The van der Waals surface area contributed by atoms with Gasteiger partial charge in [-0.3, -0.25) is 0 Å². The van der Waals surface area contributed by atoms with Crippen molar-refractivity contribution in [2.45, 2.75) is 37.6 Å². The van der Waals surface area contributed by atoms with Crippen molar-refractivity contribution in [1.29, 1.82) is 0 Å². The Bertz CT molecular complexity index is 778. The van der Waals surface area contributed by atoms with E-state index in [0.29, 0.717) is 12.5 Å². The molecule has 0 fully saturated rings. The van der Waals surface area contributed by atoms with Crippen LogP contribution in [0.2, 0.25) is 0 Å². The lowest BCUT2D eigenvalue weighted by Gasteiger charge is -2.06. The van der Waals surface area contributed by atoms with Crippen molar-refractivity contribution in [1.82, 2.24) is 9.97 Å². The van der Waals surface area contributed by atoms with E-state index in [1.165, 1.54) is 11.1 Å². The summed E-state index contributed by atoms with van der Waals surface area (Å²) in [6, 6.07) is 14.8. The Kier molecular flexibility index (Phi) is 4.91. The molecule has 2 aromatic carbocycles. The third-order valence-electron chi connectivity index (χ3n) is 3.76. The van der Waals surface area contributed by atoms with E-state index in [4.69, 9.17) is 4.74 Å². The van der Waals surface area contributed by atoms with Crippen LogP contribution in [0.15, 0.2) is 47.6 Å². The summed E-state index contributed by atoms with van der Waals surface area (Å²) in [6.07, 6.45) is 0. The Hall–Kier alpha value is -1.94. The highest BCUT2D eigenvalue weighted by molar-refractivity contribution is 7.98. The molecule has 3 rings (SSSR count). The van der Waals surface area contributed by atoms with Gasteiger partial charge in [0.25, 0.3) is 0 Å². The van der Waals surface area contributed by atoms with Gasteiger partial charge >= 0.3 is 0 Å². The van der Waals surface area contributed by atoms with Gasteiger partial charge in [-0.2, -0.15) is 0 Å². The van der Waals surface area contributed by atoms with E-state index in [9.17, 15) is 0 Å². The zero-order chi connectivity index (χ0) is 16.2. The van der Waals surface area contributed by atoms with Crippen molar-refractivity contribution in [3.05, 3.63) is 53.6 Å². The first-order valence-electron chi connectivity index (χ1n) is 8.00. The number of imidazole rings is 1. The molecule has 0 atom stereocenters. The highest BCUT2D eigenvalue weighted by atomic mass is 32.2. The fourth-order valence-corrected chi connectivity index (χ4v) is 3.28. The van der Waals surface area contributed by atoms with Gasteiger partial charge in [-0.05, 0) is 36.1 Å². The molecular weight excluding hydrogens is 304 g/mol. The molecule has 0 unspecified atom stereocenters. The first-order chi connectivity index (χ1) is 11.2. The standard InChI is InChI=1S/C19H22N2OS/c1-4-22-16-9-10-17-18(11-16)21-19(20-17)23-12-14-5-7-15(8-6-14)13(2)3/h5-11,13H,4,12H2,1-3H3,(H,20,21). The van der Waals surface area contributed by atoms with Crippen LogP contribution in [0, 0.1) is 0 Å². The van der Waals surface area contributed by atoms with Gasteiger partial charge < -0.3 is 9.72 Å². The van der Waals surface area contributed by atoms with Crippen LogP contribution >= 0.6 is 11.8 Å². The highest BCUT2D eigenvalue weighted by Crippen LogP contribution is 2.26. The zero-order valence-corrected chi connectivity index (χ0v) is 14.6. The Balaban J connectivity index is 1.69. The van der Waals surface area contributed by atoms with Crippen LogP contribution in [0.25, 0.3) is 11.0 Å². The monoisotopic (exact) mass is 326 g/mol. The van der Waals surface area contributed by atoms with Crippen LogP contribution in [-0.2, 0) is 5.75 Å². The minimum atomic E-state index is 0.576. The number of ether oxygens (including phenoxy) is 1. The summed E-state index contributed by atoms with van der Waals surface area (Å²) in [5, 5.41) is 0.946. The largest absolute Gasteiger partial charge is 0.494 e. The molecule has 1 aromatic heterocycles. The molecule has 1 heterocycles. The quantitative estimate of drug-likeness (QED) is 0.618. The molecule has 0 aliphatic heterocycles. The average molecular weight is 326 g/mol. The predicted molar refractivity (Wildman–Crippen MR) is 97.4 cm³/mol. The molecule has 0 aliphatic rings. The molecule has 3 aromatic rings. The molecule has 1 N–H and O–H groups in total. The van der Waals surface area contributed by atoms with Crippen LogP contribution in [0.3, 0.4) is 0 Å². The number of rotatable bonds is 6. The number of nitrogens with zero attached hydrogens (tertiary/aromatic N) is 1. The Morgan fingerprint density at radius 3 is 2.61 bits per heavy atom. The molecule has 120 valence electrons. The minimum absolute atomic E-state index is 0.576. The fraction of sp³-hybridized carbons (Fsp3) is 0.316. The fourth-order valence-electron chi connectivity index (χ4n) is 2.44. The van der Waals surface area contributed by atoms with Gasteiger partial charge in [0.2, 0.25) is 0 Å². The van der Waals surface area contributed by atoms with Crippen LogP contribution < -0.4 is 4.74 Å². The Morgan fingerprint density at radius 2 is 1.91 bits per heavy atom. The Morgan fingerprint density at radius 1 is 1.13 bits per heavy atom. The van der Waals surface area contributed by atoms with Gasteiger partial charge in [0.1, 0.15) is 5.75 Å². The van der Waals surface area contributed by atoms with E-state index in [1.807, 2.05) is 25.1 Å². The number of nitrogens with one attached hydrogen (secondary N) is 1. The van der Waals surface area contributed by atoms with Crippen molar-refractivity contribution in [2.75, 3.05) is 6.61 Å². The van der Waals surface area contributed by atoms with Gasteiger partial charge in [-0.1, -0.05) is 49.9 Å². The second-order valence-electron chi connectivity index (χ2n) is 5.84. The third-order valence-corrected chi connectivity index (χ3v) is 4.71. The van der Waals surface area contributed by atoms with E-state index in [-0.39, 0.29) is 0 Å². The first kappa shape index (κ1) is 15.9. The summed E-state index contributed by atoms with van der Waals surface area (Å²) < 4.78 is 5.53. The summed E-state index contributed by atoms with van der Waals surface area (Å²) in [6.45, 7) is 7.10. The van der Waals surface area contributed by atoms with E-state index in [2.05, 4.69) is 48.1 Å². The van der Waals surface area contributed by atoms with E-state index in [0.717, 1.165) is 27.7 Å². The molecule has 0 amide bonds. The van der Waals surface area contributed by atoms with Crippen molar-refractivity contribution in [3.63, 3.8) is 0 Å². The first-order valence-corrected chi connectivity index (χ1v) is 8.98. The topological polar surface area (TPSA) is 37.9 Å². The van der Waals surface area contributed by atoms with Gasteiger partial charge in [-0.15, -0.1) is 0 Å². The minimum Gasteiger partial charge on any atom is -0.494 e. The summed E-state index contributed by atoms with van der Waals surface area (Å²) in [5.74, 6) is 2.37. The van der Waals surface area contributed by atoms with Gasteiger partial charge in [0.15, 0.2) is 5.16 Å². The van der Waals surface area contributed by atoms with E-state index >= 15 is 0 Å². The van der Waals surface area contributed by atoms with Crippen LogP contribution in [0.5, 0.6) is 5.75 Å². The molecule has 0 aliphatic carbocycles. The average Bonchev–Trinajstić information content (AvgIpc) is 2.96. The van der Waals surface area contributed by atoms with Gasteiger partial charge in [-0.25, -0.2) is 4.98 Å². The second kappa shape index (κ2) is 7.09. The van der Waals surface area contributed by atoms with Crippen LogP contribution in [0.1, 0.15) is 37.8 Å². The summed E-state index contributed by atoms with van der Waals surface area (Å²) in [5.41, 5.74) is 4.69. The molecule has 0 saturated heterocycles. The Labute approximate surface area is 141 Å². The molecule has 0 radical (unpaired) electrons. The van der Waals surface area contributed by atoms with Crippen molar-refractivity contribution in [2.24, 2.45) is 0 Å². The third kappa shape index (κ3) is 3.88. The highest BCUT2D eigenvalue weighted by Gasteiger charge is 2.06. The van der Waals surface area contributed by atoms with Crippen LogP contribution in [0.4, 0.5) is 0 Å². The molecular formula is C19H22N2OS. The zero-order valence-electron chi connectivity index (χ0n) is 13.8. The number of fused-ring (bicyclic) bond motifs is 1. The molecule has 3 nitrogen and oxygen atoms in total. The SMILES string of the molecule is CCOc1ccc2nc(SCc3ccc(C(C)C)cc3)[nH]c2c1. The summed E-state index contributed by atoms with van der Waals surface area (Å²) >= 11 is 1.73. The second-order valence-corrected chi connectivity index (χ2v) is 6.80. The van der Waals surface area contributed by atoms with Crippen molar-refractivity contribution >= 4 is 22.8 Å². The maximum atomic E-state index is 5.53. The maximum absolute atomic E-state index is 5.53. The predicted octanol–water partition coefficient (Wildman–Crippen LogP) is 5.38. The lowest BCUT2D eigenvalue weighted by Crippen LogP contribution is -1.90. The van der Waals surface area contributed by atoms with Crippen molar-refractivity contribution in [3.8, 4) is 5.75 Å². The van der Waals surface area contributed by atoms with Gasteiger partial charge in [0, 0.05) is 11.8 Å². The number of H-pyrrole nitrogens is 1. The lowest BCUT2D eigenvalue weighted by molar-refractivity contribution is 0.340. The summed E-state index contributed by atoms with van der Waals surface area (Å²) in [4.78, 5) is 7.99.